The van der Waals surface area contributed by atoms with Gasteiger partial charge in [-0.15, -0.1) is 0 Å². The smallest absolute Gasteiger partial charge is 0.163 e. The van der Waals surface area contributed by atoms with Gasteiger partial charge in [0.05, 0.1) is 0 Å². The second-order valence-corrected chi connectivity index (χ2v) is 4.75. The molecule has 1 aromatic carbocycles. The predicted octanol–water partition coefficient (Wildman–Crippen LogP) is 3.89. The SMILES string of the molecule is CCCCC(CC)CC(=O)c1ccc(O)c(O)c1. The topological polar surface area (TPSA) is 57.5 Å². The molecule has 0 aliphatic rings. The van der Waals surface area contributed by atoms with Crippen molar-refractivity contribution in [2.45, 2.75) is 46.0 Å². The molecule has 3 heteroatoms. The van der Waals surface area contributed by atoms with E-state index in [9.17, 15) is 15.0 Å². The van der Waals surface area contributed by atoms with Crippen LogP contribution in [0.5, 0.6) is 11.5 Å². The molecule has 1 atom stereocenters. The van der Waals surface area contributed by atoms with E-state index in [0.717, 1.165) is 25.7 Å². The van der Waals surface area contributed by atoms with Gasteiger partial charge in [-0.1, -0.05) is 39.5 Å². The van der Waals surface area contributed by atoms with Crippen molar-refractivity contribution < 1.29 is 15.0 Å². The number of phenolic OH excluding ortho intramolecular Hbond substituents is 2. The highest BCUT2D eigenvalue weighted by molar-refractivity contribution is 5.96. The molecule has 1 aromatic rings. The van der Waals surface area contributed by atoms with Gasteiger partial charge in [-0.3, -0.25) is 4.79 Å². The van der Waals surface area contributed by atoms with Gasteiger partial charge in [-0.2, -0.15) is 0 Å². The van der Waals surface area contributed by atoms with E-state index in [1.54, 1.807) is 6.07 Å². The van der Waals surface area contributed by atoms with Crippen LogP contribution in [0.4, 0.5) is 0 Å². The van der Waals surface area contributed by atoms with Crippen molar-refractivity contribution in [1.29, 1.82) is 0 Å². The number of phenols is 2. The first-order valence-corrected chi connectivity index (χ1v) is 6.63. The summed E-state index contributed by atoms with van der Waals surface area (Å²) >= 11 is 0. The van der Waals surface area contributed by atoms with Gasteiger partial charge >= 0.3 is 0 Å². The minimum absolute atomic E-state index is 0.0354. The van der Waals surface area contributed by atoms with Crippen molar-refractivity contribution in [3.63, 3.8) is 0 Å². The molecule has 0 saturated carbocycles. The van der Waals surface area contributed by atoms with Crippen LogP contribution in [0.1, 0.15) is 56.3 Å². The van der Waals surface area contributed by atoms with E-state index in [-0.39, 0.29) is 17.3 Å². The molecule has 0 aliphatic heterocycles. The Hall–Kier alpha value is -1.51. The number of carbonyl (C=O) groups excluding carboxylic acids is 1. The van der Waals surface area contributed by atoms with Gasteiger partial charge in [0.1, 0.15) is 0 Å². The standard InChI is InChI=1S/C15H22O3/c1-3-5-6-11(4-2)9-14(17)12-7-8-13(16)15(18)10-12/h7-8,10-11,16,18H,3-6,9H2,1-2H3. The molecule has 0 aliphatic carbocycles. The van der Waals surface area contributed by atoms with Crippen LogP contribution in [0.3, 0.4) is 0 Å². The van der Waals surface area contributed by atoms with Crippen LogP contribution in [0.25, 0.3) is 0 Å². The van der Waals surface area contributed by atoms with Crippen LogP contribution in [0.15, 0.2) is 18.2 Å². The van der Waals surface area contributed by atoms with Crippen LogP contribution < -0.4 is 0 Å². The average Bonchev–Trinajstić information content (AvgIpc) is 2.37. The lowest BCUT2D eigenvalue weighted by molar-refractivity contribution is 0.0956. The summed E-state index contributed by atoms with van der Waals surface area (Å²) in [6, 6.07) is 4.25. The highest BCUT2D eigenvalue weighted by atomic mass is 16.3. The predicted molar refractivity (Wildman–Crippen MR) is 72.0 cm³/mol. The number of hydrogen-bond acceptors (Lipinski definition) is 3. The van der Waals surface area contributed by atoms with E-state index < -0.39 is 0 Å². The quantitative estimate of drug-likeness (QED) is 0.570. The Bertz CT molecular complexity index is 399. The number of hydrogen-bond donors (Lipinski definition) is 2. The van der Waals surface area contributed by atoms with E-state index in [1.807, 2.05) is 0 Å². The molecule has 0 heterocycles. The van der Waals surface area contributed by atoms with Gasteiger partial charge in [-0.25, -0.2) is 0 Å². The molecule has 0 radical (unpaired) electrons. The monoisotopic (exact) mass is 250 g/mol. The highest BCUT2D eigenvalue weighted by Gasteiger charge is 2.14. The molecule has 0 spiro atoms. The summed E-state index contributed by atoms with van der Waals surface area (Å²) in [5, 5.41) is 18.6. The Labute approximate surface area is 108 Å². The molecule has 1 rings (SSSR count). The minimum atomic E-state index is -0.234. The molecule has 0 saturated heterocycles. The lowest BCUT2D eigenvalue weighted by Gasteiger charge is -2.13. The first kappa shape index (κ1) is 14.6. The Kier molecular flexibility index (Phi) is 5.69. The highest BCUT2D eigenvalue weighted by Crippen LogP contribution is 2.27. The average molecular weight is 250 g/mol. The fraction of sp³-hybridized carbons (Fsp3) is 0.533. The van der Waals surface area contributed by atoms with Crippen LogP contribution in [-0.4, -0.2) is 16.0 Å². The number of aromatic hydroxyl groups is 2. The van der Waals surface area contributed by atoms with Gasteiger partial charge in [0.2, 0.25) is 0 Å². The zero-order valence-electron chi connectivity index (χ0n) is 11.1. The molecule has 18 heavy (non-hydrogen) atoms. The number of ketones is 1. The fourth-order valence-electron chi connectivity index (χ4n) is 2.02. The molecule has 0 fully saturated rings. The summed E-state index contributed by atoms with van der Waals surface area (Å²) in [7, 11) is 0. The van der Waals surface area contributed by atoms with Crippen molar-refractivity contribution in [3.8, 4) is 11.5 Å². The second-order valence-electron chi connectivity index (χ2n) is 4.75. The molecule has 0 bridgehead atoms. The first-order chi connectivity index (χ1) is 8.58. The number of rotatable bonds is 7. The minimum Gasteiger partial charge on any atom is -0.504 e. The van der Waals surface area contributed by atoms with E-state index in [2.05, 4.69) is 13.8 Å². The molecule has 0 aromatic heterocycles. The van der Waals surface area contributed by atoms with Gasteiger partial charge in [0.25, 0.3) is 0 Å². The third-order valence-electron chi connectivity index (χ3n) is 3.31. The van der Waals surface area contributed by atoms with Crippen LogP contribution >= 0.6 is 0 Å². The molecule has 100 valence electrons. The van der Waals surface area contributed by atoms with Gasteiger partial charge in [0, 0.05) is 12.0 Å². The maximum Gasteiger partial charge on any atom is 0.163 e. The Morgan fingerprint density at radius 2 is 1.94 bits per heavy atom. The summed E-state index contributed by atoms with van der Waals surface area (Å²) < 4.78 is 0. The molecular weight excluding hydrogens is 228 g/mol. The lowest BCUT2D eigenvalue weighted by Crippen LogP contribution is -2.08. The second kappa shape index (κ2) is 7.04. The third kappa shape index (κ3) is 4.06. The number of Topliss-reactive ketones (excluding diaryl/α,β-unsaturated/α-hetero) is 1. The van der Waals surface area contributed by atoms with Crippen molar-refractivity contribution in [1.82, 2.24) is 0 Å². The maximum atomic E-state index is 12.0. The zero-order chi connectivity index (χ0) is 13.5. The van der Waals surface area contributed by atoms with Crippen LogP contribution in [-0.2, 0) is 0 Å². The van der Waals surface area contributed by atoms with E-state index in [0.29, 0.717) is 17.9 Å². The van der Waals surface area contributed by atoms with Gasteiger partial charge < -0.3 is 10.2 Å². The van der Waals surface area contributed by atoms with Crippen LogP contribution in [0, 0.1) is 5.92 Å². The van der Waals surface area contributed by atoms with Crippen molar-refractivity contribution in [2.24, 2.45) is 5.92 Å². The summed E-state index contributed by atoms with van der Waals surface area (Å²) in [6.45, 7) is 4.24. The van der Waals surface area contributed by atoms with Crippen molar-refractivity contribution in [3.05, 3.63) is 23.8 Å². The number of benzene rings is 1. The van der Waals surface area contributed by atoms with Gasteiger partial charge in [-0.05, 0) is 24.1 Å². The van der Waals surface area contributed by atoms with E-state index >= 15 is 0 Å². The third-order valence-corrected chi connectivity index (χ3v) is 3.31. The lowest BCUT2D eigenvalue weighted by atomic mass is 9.91. The largest absolute Gasteiger partial charge is 0.504 e. The number of unbranched alkanes of at least 4 members (excludes halogenated alkanes) is 1. The Morgan fingerprint density at radius 1 is 1.22 bits per heavy atom. The summed E-state index contributed by atoms with van der Waals surface area (Å²) in [4.78, 5) is 12.0. The van der Waals surface area contributed by atoms with Crippen molar-refractivity contribution in [2.75, 3.05) is 0 Å². The summed E-state index contributed by atoms with van der Waals surface area (Å²) in [5.41, 5.74) is 0.472. The number of carbonyl (C=O) groups is 1. The van der Waals surface area contributed by atoms with Crippen LogP contribution in [0.2, 0.25) is 0 Å². The summed E-state index contributed by atoms with van der Waals surface area (Å²) in [5.74, 6) is 0.0219. The summed E-state index contributed by atoms with van der Waals surface area (Å²) in [6.07, 6.45) is 4.87. The van der Waals surface area contributed by atoms with Gasteiger partial charge in [0.15, 0.2) is 17.3 Å². The molecule has 2 N–H and O–H groups in total. The molecule has 0 amide bonds. The zero-order valence-corrected chi connectivity index (χ0v) is 11.1. The van der Waals surface area contributed by atoms with E-state index in [4.69, 9.17) is 0 Å². The maximum absolute atomic E-state index is 12.0. The Morgan fingerprint density at radius 3 is 2.50 bits per heavy atom. The van der Waals surface area contributed by atoms with E-state index in [1.165, 1.54) is 12.1 Å². The first-order valence-electron chi connectivity index (χ1n) is 6.63. The fourth-order valence-corrected chi connectivity index (χ4v) is 2.02. The normalized spacial score (nSPS) is 12.3. The Balaban J connectivity index is 2.65. The molecule has 1 unspecified atom stereocenters. The van der Waals surface area contributed by atoms with Crippen molar-refractivity contribution >= 4 is 5.78 Å². The molecular formula is C15H22O3. The molecule has 3 nitrogen and oxygen atoms in total.